The van der Waals surface area contributed by atoms with E-state index < -0.39 is 0 Å². The first-order chi connectivity index (χ1) is 12.2. The van der Waals surface area contributed by atoms with Gasteiger partial charge in [-0.25, -0.2) is 0 Å². The van der Waals surface area contributed by atoms with Crippen molar-refractivity contribution >= 4 is 33.6 Å². The number of hydrogen-bond donors (Lipinski definition) is 1. The molecule has 2 aromatic rings. The lowest BCUT2D eigenvalue weighted by Crippen LogP contribution is -2.36. The molecule has 25 heavy (non-hydrogen) atoms. The Hall–Kier alpha value is -2.11. The summed E-state index contributed by atoms with van der Waals surface area (Å²) < 4.78 is 6.40. The third kappa shape index (κ3) is 5.44. The smallest absolute Gasteiger partial charge is 0.244 e. The van der Waals surface area contributed by atoms with E-state index in [0.29, 0.717) is 6.54 Å². The van der Waals surface area contributed by atoms with E-state index in [1.165, 1.54) is 5.69 Å². The molecule has 0 bridgehead atoms. The lowest BCUT2D eigenvalue weighted by molar-refractivity contribution is -0.116. The quantitative estimate of drug-likeness (QED) is 0.779. The number of carbonyl (C=O) groups excluding carboxylic acids is 1. The van der Waals surface area contributed by atoms with Crippen LogP contribution in [0.2, 0.25) is 0 Å². The number of hydrogen-bond acceptors (Lipinski definition) is 3. The van der Waals surface area contributed by atoms with Crippen molar-refractivity contribution in [1.82, 2.24) is 5.32 Å². The van der Waals surface area contributed by atoms with Gasteiger partial charge in [0.05, 0.1) is 13.2 Å². The molecule has 0 aromatic heterocycles. The SMILES string of the molecule is O=C(C=Cc1ccc(Br)cc1)NCc1ccc(N2CCOCC2)cc1. The molecule has 4 nitrogen and oxygen atoms in total. The zero-order valence-electron chi connectivity index (χ0n) is 14.0. The monoisotopic (exact) mass is 400 g/mol. The zero-order chi connectivity index (χ0) is 17.5. The van der Waals surface area contributed by atoms with Crippen LogP contribution in [-0.2, 0) is 16.1 Å². The molecule has 1 saturated heterocycles. The highest BCUT2D eigenvalue weighted by molar-refractivity contribution is 9.10. The van der Waals surface area contributed by atoms with E-state index in [4.69, 9.17) is 4.74 Å². The predicted octanol–water partition coefficient (Wildman–Crippen LogP) is 3.62. The third-order valence-electron chi connectivity index (χ3n) is 4.08. The molecule has 1 aliphatic rings. The van der Waals surface area contributed by atoms with Crippen LogP contribution < -0.4 is 10.2 Å². The molecule has 0 radical (unpaired) electrons. The molecular formula is C20H21BrN2O2. The molecule has 130 valence electrons. The van der Waals surface area contributed by atoms with Crippen molar-refractivity contribution in [2.45, 2.75) is 6.54 Å². The Bertz CT molecular complexity index is 720. The molecule has 2 aromatic carbocycles. The zero-order valence-corrected chi connectivity index (χ0v) is 15.5. The van der Waals surface area contributed by atoms with Crippen LogP contribution >= 0.6 is 15.9 Å². The highest BCUT2D eigenvalue weighted by Crippen LogP contribution is 2.16. The summed E-state index contributed by atoms with van der Waals surface area (Å²) in [7, 11) is 0. The number of nitrogens with one attached hydrogen (secondary N) is 1. The van der Waals surface area contributed by atoms with Crippen LogP contribution in [0, 0.1) is 0 Å². The minimum absolute atomic E-state index is 0.0971. The predicted molar refractivity (Wildman–Crippen MR) is 104 cm³/mol. The summed E-state index contributed by atoms with van der Waals surface area (Å²) in [5.41, 5.74) is 3.28. The molecule has 0 spiro atoms. The van der Waals surface area contributed by atoms with Gasteiger partial charge in [-0.3, -0.25) is 4.79 Å². The summed E-state index contributed by atoms with van der Waals surface area (Å²) in [4.78, 5) is 14.3. The Balaban J connectivity index is 1.49. The van der Waals surface area contributed by atoms with Crippen LogP contribution in [-0.4, -0.2) is 32.2 Å². The van der Waals surface area contributed by atoms with Crippen LogP contribution in [0.3, 0.4) is 0 Å². The Kier molecular flexibility index (Phi) is 6.25. The molecule has 0 saturated carbocycles. The first-order valence-electron chi connectivity index (χ1n) is 8.34. The van der Waals surface area contributed by atoms with Gasteiger partial charge >= 0.3 is 0 Å². The van der Waals surface area contributed by atoms with Crippen molar-refractivity contribution in [1.29, 1.82) is 0 Å². The topological polar surface area (TPSA) is 41.6 Å². The van der Waals surface area contributed by atoms with E-state index in [9.17, 15) is 4.79 Å². The average molecular weight is 401 g/mol. The van der Waals surface area contributed by atoms with Crippen molar-refractivity contribution in [2.75, 3.05) is 31.2 Å². The summed E-state index contributed by atoms with van der Waals surface area (Å²) in [6, 6.07) is 16.1. The molecule has 3 rings (SSSR count). The summed E-state index contributed by atoms with van der Waals surface area (Å²) in [6.45, 7) is 3.94. The van der Waals surface area contributed by atoms with Gasteiger partial charge in [-0.05, 0) is 41.5 Å². The molecule has 0 aliphatic carbocycles. The second-order valence-electron chi connectivity index (χ2n) is 5.87. The van der Waals surface area contributed by atoms with E-state index in [2.05, 4.69) is 50.4 Å². The van der Waals surface area contributed by atoms with Crippen molar-refractivity contribution in [3.63, 3.8) is 0 Å². The number of halogens is 1. The van der Waals surface area contributed by atoms with E-state index in [0.717, 1.165) is 41.9 Å². The van der Waals surface area contributed by atoms with Gasteiger partial charge in [0.15, 0.2) is 0 Å². The molecule has 1 aliphatic heterocycles. The highest BCUT2D eigenvalue weighted by atomic mass is 79.9. The fourth-order valence-corrected chi connectivity index (χ4v) is 2.90. The minimum atomic E-state index is -0.0971. The van der Waals surface area contributed by atoms with Crippen molar-refractivity contribution in [3.8, 4) is 0 Å². The second-order valence-corrected chi connectivity index (χ2v) is 6.78. The molecule has 1 fully saturated rings. The number of rotatable bonds is 5. The van der Waals surface area contributed by atoms with E-state index in [1.54, 1.807) is 6.08 Å². The van der Waals surface area contributed by atoms with Gasteiger partial charge in [0, 0.05) is 35.9 Å². The van der Waals surface area contributed by atoms with E-state index in [-0.39, 0.29) is 5.91 Å². The van der Waals surface area contributed by atoms with Crippen molar-refractivity contribution in [2.24, 2.45) is 0 Å². The number of benzene rings is 2. The number of morpholine rings is 1. The van der Waals surface area contributed by atoms with Gasteiger partial charge in [0.2, 0.25) is 5.91 Å². The van der Waals surface area contributed by atoms with E-state index >= 15 is 0 Å². The van der Waals surface area contributed by atoms with Gasteiger partial charge in [-0.2, -0.15) is 0 Å². The highest BCUT2D eigenvalue weighted by Gasteiger charge is 2.10. The first kappa shape index (κ1) is 17.7. The Morgan fingerprint density at radius 3 is 2.44 bits per heavy atom. The van der Waals surface area contributed by atoms with Gasteiger partial charge in [0.1, 0.15) is 0 Å². The average Bonchev–Trinajstić information content (AvgIpc) is 2.67. The Labute approximate surface area is 156 Å². The molecule has 0 unspecified atom stereocenters. The Morgan fingerprint density at radius 1 is 1.08 bits per heavy atom. The molecule has 1 N–H and O–H groups in total. The third-order valence-corrected chi connectivity index (χ3v) is 4.61. The molecular weight excluding hydrogens is 380 g/mol. The fourth-order valence-electron chi connectivity index (χ4n) is 2.64. The lowest BCUT2D eigenvalue weighted by Gasteiger charge is -2.28. The van der Waals surface area contributed by atoms with Gasteiger partial charge < -0.3 is 15.0 Å². The van der Waals surface area contributed by atoms with Gasteiger partial charge in [-0.1, -0.05) is 40.2 Å². The van der Waals surface area contributed by atoms with E-state index in [1.807, 2.05) is 30.3 Å². The minimum Gasteiger partial charge on any atom is -0.378 e. The normalized spacial score (nSPS) is 14.7. The van der Waals surface area contributed by atoms with Crippen LogP contribution in [0.15, 0.2) is 59.1 Å². The van der Waals surface area contributed by atoms with Crippen LogP contribution in [0.4, 0.5) is 5.69 Å². The Morgan fingerprint density at radius 2 is 1.76 bits per heavy atom. The number of carbonyl (C=O) groups is 1. The molecule has 5 heteroatoms. The maximum absolute atomic E-state index is 11.9. The standard InChI is InChI=1S/C20H21BrN2O2/c21-18-6-1-16(2-7-18)5-10-20(24)22-15-17-3-8-19(9-4-17)23-11-13-25-14-12-23/h1-10H,11-15H2,(H,22,24). The number of amides is 1. The molecule has 1 amide bonds. The van der Waals surface area contributed by atoms with Crippen molar-refractivity contribution < 1.29 is 9.53 Å². The maximum atomic E-state index is 11.9. The summed E-state index contributed by atoms with van der Waals surface area (Å²) in [6.07, 6.45) is 3.37. The largest absolute Gasteiger partial charge is 0.378 e. The summed E-state index contributed by atoms with van der Waals surface area (Å²) in [5.74, 6) is -0.0971. The van der Waals surface area contributed by atoms with Crippen LogP contribution in [0.5, 0.6) is 0 Å². The first-order valence-corrected chi connectivity index (χ1v) is 9.13. The summed E-state index contributed by atoms with van der Waals surface area (Å²) >= 11 is 3.39. The van der Waals surface area contributed by atoms with Gasteiger partial charge in [-0.15, -0.1) is 0 Å². The number of anilines is 1. The van der Waals surface area contributed by atoms with Gasteiger partial charge in [0.25, 0.3) is 0 Å². The van der Waals surface area contributed by atoms with Crippen LogP contribution in [0.25, 0.3) is 6.08 Å². The summed E-state index contributed by atoms with van der Waals surface area (Å²) in [5, 5.41) is 2.91. The second kappa shape index (κ2) is 8.83. The fraction of sp³-hybridized carbons (Fsp3) is 0.250. The molecule has 0 atom stereocenters. The lowest BCUT2D eigenvalue weighted by atomic mass is 10.2. The van der Waals surface area contributed by atoms with Crippen LogP contribution in [0.1, 0.15) is 11.1 Å². The maximum Gasteiger partial charge on any atom is 0.244 e. The number of ether oxygens (including phenoxy) is 1. The number of nitrogens with zero attached hydrogens (tertiary/aromatic N) is 1. The molecule has 1 heterocycles. The van der Waals surface area contributed by atoms with Crippen molar-refractivity contribution in [3.05, 3.63) is 70.2 Å².